The number of aromatic nitrogens is 3. The highest BCUT2D eigenvalue weighted by atomic mass is 79.9. The molecule has 0 atom stereocenters. The average Bonchev–Trinajstić information content (AvgIpc) is 3.13. The first-order chi connectivity index (χ1) is 9.71. The van der Waals surface area contributed by atoms with Crippen LogP contribution in [-0.2, 0) is 5.41 Å². The van der Waals surface area contributed by atoms with Crippen LogP contribution in [-0.4, -0.2) is 14.6 Å². The molecule has 2 aromatic heterocycles. The lowest BCUT2D eigenvalue weighted by Crippen LogP contribution is -2.13. The molecular weight excluding hydrogens is 338 g/mol. The van der Waals surface area contributed by atoms with Crippen molar-refractivity contribution in [1.29, 1.82) is 0 Å². The Kier molecular flexibility index (Phi) is 2.66. The van der Waals surface area contributed by atoms with E-state index in [-0.39, 0.29) is 5.41 Å². The molecular formula is C15H11BrClN3. The summed E-state index contributed by atoms with van der Waals surface area (Å²) in [7, 11) is 0. The van der Waals surface area contributed by atoms with Gasteiger partial charge < -0.3 is 0 Å². The highest BCUT2D eigenvalue weighted by molar-refractivity contribution is 9.10. The van der Waals surface area contributed by atoms with Gasteiger partial charge >= 0.3 is 0 Å². The second-order valence-electron chi connectivity index (χ2n) is 5.16. The van der Waals surface area contributed by atoms with E-state index in [2.05, 4.69) is 42.7 Å². The van der Waals surface area contributed by atoms with Gasteiger partial charge in [0.05, 0.1) is 9.89 Å². The normalized spacial score (nSPS) is 16.5. The maximum Gasteiger partial charge on any atom is 0.175 e. The van der Waals surface area contributed by atoms with E-state index in [9.17, 15) is 0 Å². The van der Waals surface area contributed by atoms with Gasteiger partial charge in [-0.25, -0.2) is 0 Å². The predicted molar refractivity (Wildman–Crippen MR) is 82.2 cm³/mol. The van der Waals surface area contributed by atoms with E-state index in [1.54, 1.807) is 0 Å². The van der Waals surface area contributed by atoms with Crippen LogP contribution in [0.25, 0.3) is 5.65 Å². The lowest BCUT2D eigenvalue weighted by molar-refractivity contribution is 0.740. The van der Waals surface area contributed by atoms with Crippen LogP contribution in [0.15, 0.2) is 47.1 Å². The van der Waals surface area contributed by atoms with E-state index in [4.69, 9.17) is 11.6 Å². The van der Waals surface area contributed by atoms with Crippen molar-refractivity contribution in [2.75, 3.05) is 0 Å². The Hall–Kier alpha value is -1.39. The Morgan fingerprint density at radius 1 is 1.10 bits per heavy atom. The zero-order valence-corrected chi connectivity index (χ0v) is 12.9. The largest absolute Gasteiger partial charge is 0.285 e. The van der Waals surface area contributed by atoms with Gasteiger partial charge in [0.15, 0.2) is 5.65 Å². The lowest BCUT2D eigenvalue weighted by atomic mass is 9.95. The third-order valence-electron chi connectivity index (χ3n) is 3.96. The molecule has 2 heterocycles. The van der Waals surface area contributed by atoms with E-state index in [1.165, 1.54) is 5.56 Å². The van der Waals surface area contributed by atoms with Gasteiger partial charge in [-0.2, -0.15) is 0 Å². The fourth-order valence-corrected chi connectivity index (χ4v) is 3.29. The van der Waals surface area contributed by atoms with Crippen LogP contribution in [0.3, 0.4) is 0 Å². The Labute approximate surface area is 129 Å². The third kappa shape index (κ3) is 1.71. The van der Waals surface area contributed by atoms with Gasteiger partial charge in [0.1, 0.15) is 5.82 Å². The molecule has 5 heteroatoms. The molecule has 1 fully saturated rings. The number of pyridine rings is 1. The fraction of sp³-hybridized carbons (Fsp3) is 0.200. The van der Waals surface area contributed by atoms with Crippen LogP contribution in [0.5, 0.6) is 0 Å². The van der Waals surface area contributed by atoms with E-state index >= 15 is 0 Å². The zero-order chi connectivity index (χ0) is 13.7. The fourth-order valence-electron chi connectivity index (χ4n) is 2.75. The van der Waals surface area contributed by atoms with Gasteiger partial charge in [0.2, 0.25) is 0 Å². The Bertz CT molecular complexity index is 790. The molecule has 0 spiro atoms. The van der Waals surface area contributed by atoms with E-state index in [0.29, 0.717) is 0 Å². The van der Waals surface area contributed by atoms with Crippen LogP contribution in [0.4, 0.5) is 0 Å². The van der Waals surface area contributed by atoms with Gasteiger partial charge in [-0.15, -0.1) is 10.2 Å². The number of nitrogens with zero attached hydrogens (tertiary/aromatic N) is 3. The van der Waals surface area contributed by atoms with Crippen molar-refractivity contribution >= 4 is 33.2 Å². The first-order valence-corrected chi connectivity index (χ1v) is 7.64. The number of hydrogen-bond acceptors (Lipinski definition) is 2. The maximum atomic E-state index is 5.98. The molecule has 1 aromatic carbocycles. The van der Waals surface area contributed by atoms with E-state index in [0.717, 1.165) is 33.8 Å². The van der Waals surface area contributed by atoms with Gasteiger partial charge in [-0.3, -0.25) is 4.40 Å². The Morgan fingerprint density at radius 3 is 2.55 bits per heavy atom. The van der Waals surface area contributed by atoms with Crippen molar-refractivity contribution in [2.24, 2.45) is 0 Å². The molecule has 100 valence electrons. The molecule has 1 aliphatic carbocycles. The monoisotopic (exact) mass is 347 g/mol. The molecule has 3 aromatic rings. The summed E-state index contributed by atoms with van der Waals surface area (Å²) in [4.78, 5) is 0. The summed E-state index contributed by atoms with van der Waals surface area (Å²) >= 11 is 9.51. The second-order valence-corrected chi connectivity index (χ2v) is 6.45. The van der Waals surface area contributed by atoms with Crippen LogP contribution in [0.1, 0.15) is 24.2 Å². The van der Waals surface area contributed by atoms with Crippen LogP contribution >= 0.6 is 27.5 Å². The summed E-state index contributed by atoms with van der Waals surface area (Å²) in [5.41, 5.74) is 2.11. The number of rotatable bonds is 2. The summed E-state index contributed by atoms with van der Waals surface area (Å²) in [5.74, 6) is 1.01. The van der Waals surface area contributed by atoms with Crippen LogP contribution in [0.2, 0.25) is 5.02 Å². The van der Waals surface area contributed by atoms with E-state index < -0.39 is 0 Å². The Morgan fingerprint density at radius 2 is 1.85 bits per heavy atom. The summed E-state index contributed by atoms with van der Waals surface area (Å²) in [5, 5.41) is 9.51. The maximum absolute atomic E-state index is 5.98. The van der Waals surface area contributed by atoms with Crippen molar-refractivity contribution in [3.05, 3.63) is 63.5 Å². The first-order valence-electron chi connectivity index (χ1n) is 6.46. The minimum atomic E-state index is -0.00913. The highest BCUT2D eigenvalue weighted by Gasteiger charge is 2.49. The predicted octanol–water partition coefficient (Wildman–Crippen LogP) is 4.23. The molecule has 4 rings (SSSR count). The molecule has 0 unspecified atom stereocenters. The number of hydrogen-bond donors (Lipinski definition) is 0. The van der Waals surface area contributed by atoms with Gasteiger partial charge in [-0.1, -0.05) is 23.7 Å². The minimum absolute atomic E-state index is 0.00913. The van der Waals surface area contributed by atoms with Crippen molar-refractivity contribution < 1.29 is 0 Å². The minimum Gasteiger partial charge on any atom is -0.285 e. The number of benzene rings is 1. The molecule has 1 aliphatic rings. The van der Waals surface area contributed by atoms with Crippen molar-refractivity contribution in [1.82, 2.24) is 14.6 Å². The summed E-state index contributed by atoms with van der Waals surface area (Å²) in [6, 6.07) is 12.0. The summed E-state index contributed by atoms with van der Waals surface area (Å²) < 4.78 is 3.04. The lowest BCUT2D eigenvalue weighted by Gasteiger charge is -2.14. The smallest absolute Gasteiger partial charge is 0.175 e. The van der Waals surface area contributed by atoms with Crippen LogP contribution < -0.4 is 0 Å². The van der Waals surface area contributed by atoms with Crippen molar-refractivity contribution in [2.45, 2.75) is 18.3 Å². The quantitative estimate of drug-likeness (QED) is 0.694. The standard InChI is InChI=1S/C15H11BrClN3/c16-12-2-1-9-20-13(12)18-19-14(20)15(7-8-15)10-3-5-11(17)6-4-10/h1-6,9H,7-8H2. The first kappa shape index (κ1) is 12.4. The van der Waals surface area contributed by atoms with Gasteiger partial charge in [0, 0.05) is 11.2 Å². The van der Waals surface area contributed by atoms with Crippen molar-refractivity contribution in [3.8, 4) is 0 Å². The SMILES string of the molecule is Clc1ccc(C2(c3nnc4c(Br)cccn34)CC2)cc1. The molecule has 3 nitrogen and oxygen atoms in total. The molecule has 0 amide bonds. The molecule has 20 heavy (non-hydrogen) atoms. The summed E-state index contributed by atoms with van der Waals surface area (Å²) in [6.45, 7) is 0. The number of fused-ring (bicyclic) bond motifs is 1. The molecule has 0 radical (unpaired) electrons. The molecule has 0 saturated heterocycles. The molecule has 1 saturated carbocycles. The topological polar surface area (TPSA) is 30.2 Å². The Balaban J connectivity index is 1.90. The number of halogens is 2. The molecule has 0 N–H and O–H groups in total. The second kappa shape index (κ2) is 4.30. The van der Waals surface area contributed by atoms with Crippen molar-refractivity contribution in [3.63, 3.8) is 0 Å². The zero-order valence-electron chi connectivity index (χ0n) is 10.6. The van der Waals surface area contributed by atoms with Gasteiger partial charge in [-0.05, 0) is 58.6 Å². The highest BCUT2D eigenvalue weighted by Crippen LogP contribution is 2.52. The summed E-state index contributed by atoms with van der Waals surface area (Å²) in [6.07, 6.45) is 4.22. The van der Waals surface area contributed by atoms with Crippen LogP contribution in [0, 0.1) is 0 Å². The third-order valence-corrected chi connectivity index (χ3v) is 4.83. The average molecular weight is 349 g/mol. The van der Waals surface area contributed by atoms with Gasteiger partial charge in [0.25, 0.3) is 0 Å². The molecule has 0 aliphatic heterocycles. The van der Waals surface area contributed by atoms with E-state index in [1.807, 2.05) is 30.5 Å². The molecule has 0 bridgehead atoms.